The topological polar surface area (TPSA) is 291 Å². The minimum Gasteiger partial charge on any atom is -0.481 e. The molecule has 2 rings (SSSR count). The SMILES string of the molecule is CC(CC(O)[C@@]1(N=[N+]=[N-])O[C@@H](n2ccc(N)nc2=O)[C@@](O)(CC(C)C(=O)O)[C@@]1(O)CC(C)C(=O)O)C(=O)O.Cl. The van der Waals surface area contributed by atoms with Gasteiger partial charge < -0.3 is 41.1 Å². The number of carbonyl (C=O) groups is 3. The minimum atomic E-state index is -3.10. The van der Waals surface area contributed by atoms with Gasteiger partial charge in [-0.05, 0) is 30.9 Å². The molecule has 0 spiro atoms. The first-order valence-corrected chi connectivity index (χ1v) is 11.4. The highest BCUT2D eigenvalue weighted by Crippen LogP contribution is 2.58. The molecule has 0 radical (unpaired) electrons. The Morgan fingerprint density at radius 3 is 2.10 bits per heavy atom. The number of hydrogen-bond acceptors (Lipinski definition) is 11. The number of hydrogen-bond donors (Lipinski definition) is 7. The highest BCUT2D eigenvalue weighted by Gasteiger charge is 2.76. The summed E-state index contributed by atoms with van der Waals surface area (Å²) < 4.78 is 6.36. The summed E-state index contributed by atoms with van der Waals surface area (Å²) in [5, 5.41) is 67.2. The molecule has 8 N–H and O–H groups in total. The molecule has 18 heteroatoms. The predicted molar refractivity (Wildman–Crippen MR) is 132 cm³/mol. The van der Waals surface area contributed by atoms with E-state index in [4.69, 9.17) is 10.5 Å². The van der Waals surface area contributed by atoms with Crippen molar-refractivity contribution in [3.8, 4) is 0 Å². The van der Waals surface area contributed by atoms with E-state index in [2.05, 4.69) is 15.0 Å². The predicted octanol–water partition coefficient (Wildman–Crippen LogP) is -0.0618. The summed E-state index contributed by atoms with van der Waals surface area (Å²) in [6, 6.07) is 1.10. The van der Waals surface area contributed by atoms with Gasteiger partial charge in [0.25, 0.3) is 0 Å². The van der Waals surface area contributed by atoms with Crippen LogP contribution in [0.1, 0.15) is 46.3 Å². The molecule has 0 amide bonds. The molecule has 0 aliphatic carbocycles. The van der Waals surface area contributed by atoms with Gasteiger partial charge in [0.1, 0.15) is 17.0 Å². The average Bonchev–Trinajstić information content (AvgIpc) is 2.98. The number of anilines is 1. The number of aliphatic carboxylic acids is 3. The van der Waals surface area contributed by atoms with Crippen LogP contribution in [0, 0.1) is 17.8 Å². The molecule has 1 saturated heterocycles. The maximum absolute atomic E-state index is 12.7. The third-order valence-electron chi connectivity index (χ3n) is 6.82. The van der Waals surface area contributed by atoms with Crippen molar-refractivity contribution in [2.45, 2.75) is 69.3 Å². The Morgan fingerprint density at radius 2 is 1.64 bits per heavy atom. The van der Waals surface area contributed by atoms with E-state index in [0.717, 1.165) is 26.1 Å². The van der Waals surface area contributed by atoms with Crippen molar-refractivity contribution in [1.29, 1.82) is 0 Å². The fourth-order valence-corrected chi connectivity index (χ4v) is 4.64. The van der Waals surface area contributed by atoms with Gasteiger partial charge in [0.15, 0.2) is 6.23 Å². The molecule has 0 saturated carbocycles. The van der Waals surface area contributed by atoms with Crippen LogP contribution in [0.3, 0.4) is 0 Å². The van der Waals surface area contributed by atoms with Gasteiger partial charge >= 0.3 is 23.6 Å². The summed E-state index contributed by atoms with van der Waals surface area (Å²) in [7, 11) is 0. The zero-order valence-electron chi connectivity index (χ0n) is 21.1. The van der Waals surface area contributed by atoms with E-state index in [1.165, 1.54) is 6.92 Å². The summed E-state index contributed by atoms with van der Waals surface area (Å²) in [5.41, 5.74) is 4.72. The standard InChI is InChI=1S/C21H30N6O11.ClH/c1-9(14(29)30)6-12(28)21(25-26-23)20(37,8-11(3)16(33)34)19(36,7-10(2)15(31)32)17(38-21)27-5-4-13(22)24-18(27)35;/h4-5,9-12,17,28,36-37H,6-8H2,1-3H3,(H,29,30)(H,31,32)(H,33,34)(H2,22,24,35);1H/t9?,10?,11?,12?,17-,19+,20+,21-;/m1./s1. The molecular formula is C21H31ClN6O11. The molecule has 0 bridgehead atoms. The molecule has 8 atom stereocenters. The summed E-state index contributed by atoms with van der Waals surface area (Å²) in [4.78, 5) is 53.8. The number of carboxylic acid groups (broad SMARTS) is 3. The third-order valence-corrected chi connectivity index (χ3v) is 6.82. The maximum atomic E-state index is 12.7. The summed E-state index contributed by atoms with van der Waals surface area (Å²) in [6.07, 6.45) is -5.97. The van der Waals surface area contributed by atoms with Crippen LogP contribution in [-0.2, 0) is 19.1 Å². The molecule has 39 heavy (non-hydrogen) atoms. The van der Waals surface area contributed by atoms with Crippen LogP contribution in [-0.4, -0.2) is 81.1 Å². The van der Waals surface area contributed by atoms with Gasteiger partial charge in [-0.3, -0.25) is 19.0 Å². The van der Waals surface area contributed by atoms with E-state index in [1.54, 1.807) is 0 Å². The Kier molecular flexibility index (Phi) is 10.5. The monoisotopic (exact) mass is 578 g/mol. The van der Waals surface area contributed by atoms with Gasteiger partial charge in [-0.15, -0.1) is 12.4 Å². The van der Waals surface area contributed by atoms with Gasteiger partial charge in [0, 0.05) is 11.1 Å². The lowest BCUT2D eigenvalue weighted by Crippen LogP contribution is -2.67. The fourth-order valence-electron chi connectivity index (χ4n) is 4.64. The molecule has 0 aromatic carbocycles. The van der Waals surface area contributed by atoms with E-state index in [0.29, 0.717) is 4.57 Å². The second kappa shape index (κ2) is 12.1. The Labute approximate surface area is 226 Å². The quantitative estimate of drug-likeness (QED) is 0.0971. The second-order valence-electron chi connectivity index (χ2n) is 9.56. The van der Waals surface area contributed by atoms with Crippen molar-refractivity contribution in [2.24, 2.45) is 22.9 Å². The van der Waals surface area contributed by atoms with Gasteiger partial charge in [-0.1, -0.05) is 25.9 Å². The van der Waals surface area contributed by atoms with Crippen LogP contribution in [0.4, 0.5) is 5.82 Å². The Bertz CT molecular complexity index is 1210. The number of aromatic nitrogens is 2. The minimum absolute atomic E-state index is 0. The van der Waals surface area contributed by atoms with E-state index in [-0.39, 0.29) is 18.2 Å². The zero-order chi connectivity index (χ0) is 29.2. The lowest BCUT2D eigenvalue weighted by Gasteiger charge is -2.47. The third kappa shape index (κ3) is 5.93. The normalized spacial score (nSPS) is 29.2. The number of nitrogens with zero attached hydrogens (tertiary/aromatic N) is 5. The number of aliphatic hydroxyl groups is 3. The highest BCUT2D eigenvalue weighted by molar-refractivity contribution is 5.85. The molecule has 1 aromatic rings. The molecule has 1 aliphatic heterocycles. The van der Waals surface area contributed by atoms with Crippen molar-refractivity contribution in [1.82, 2.24) is 9.55 Å². The van der Waals surface area contributed by atoms with Gasteiger partial charge in [0.05, 0.1) is 23.9 Å². The maximum Gasteiger partial charge on any atom is 0.351 e. The zero-order valence-corrected chi connectivity index (χ0v) is 21.9. The Morgan fingerprint density at radius 1 is 1.13 bits per heavy atom. The summed E-state index contributed by atoms with van der Waals surface area (Å²) in [6.45, 7) is 3.42. The average molecular weight is 579 g/mol. The molecule has 2 heterocycles. The largest absolute Gasteiger partial charge is 0.481 e. The molecule has 17 nitrogen and oxygen atoms in total. The number of ether oxygens (including phenoxy) is 1. The van der Waals surface area contributed by atoms with E-state index < -0.39 is 89.9 Å². The number of rotatable bonds is 12. The summed E-state index contributed by atoms with van der Waals surface area (Å²) in [5.74, 6) is -8.92. The number of nitrogens with two attached hydrogens (primary N) is 1. The van der Waals surface area contributed by atoms with Crippen molar-refractivity contribution >= 4 is 36.1 Å². The van der Waals surface area contributed by atoms with Crippen LogP contribution in [0.25, 0.3) is 10.4 Å². The first kappa shape index (κ1) is 33.6. The van der Waals surface area contributed by atoms with Crippen molar-refractivity contribution in [3.63, 3.8) is 0 Å². The summed E-state index contributed by atoms with van der Waals surface area (Å²) >= 11 is 0. The Balaban J connectivity index is 0.00000760. The first-order valence-electron chi connectivity index (χ1n) is 11.4. The van der Waals surface area contributed by atoms with Gasteiger partial charge in [0.2, 0.25) is 5.72 Å². The van der Waals surface area contributed by atoms with Crippen LogP contribution >= 0.6 is 12.4 Å². The molecule has 4 unspecified atom stereocenters. The van der Waals surface area contributed by atoms with Gasteiger partial charge in [-0.2, -0.15) is 4.98 Å². The number of azide groups is 1. The van der Waals surface area contributed by atoms with Crippen molar-refractivity contribution in [3.05, 3.63) is 33.2 Å². The van der Waals surface area contributed by atoms with E-state index in [9.17, 15) is 55.3 Å². The molecular weight excluding hydrogens is 548 g/mol. The highest BCUT2D eigenvalue weighted by atomic mass is 35.5. The smallest absolute Gasteiger partial charge is 0.351 e. The molecule has 1 fully saturated rings. The lowest BCUT2D eigenvalue weighted by molar-refractivity contribution is -0.220. The van der Waals surface area contributed by atoms with Gasteiger partial charge in [-0.25, -0.2) is 4.79 Å². The van der Waals surface area contributed by atoms with Crippen LogP contribution in [0.5, 0.6) is 0 Å². The van der Waals surface area contributed by atoms with Crippen LogP contribution in [0.2, 0.25) is 0 Å². The molecule has 1 aromatic heterocycles. The van der Waals surface area contributed by atoms with Crippen molar-refractivity contribution < 1.29 is 49.8 Å². The number of nitrogen functional groups attached to an aromatic ring is 1. The number of halogens is 1. The Hall–Kier alpha value is -3.47. The second-order valence-corrected chi connectivity index (χ2v) is 9.56. The lowest BCUT2D eigenvalue weighted by atomic mass is 9.66. The van der Waals surface area contributed by atoms with Crippen LogP contribution < -0.4 is 11.4 Å². The number of aliphatic hydroxyl groups excluding tert-OH is 1. The number of carboxylic acids is 3. The van der Waals surface area contributed by atoms with Crippen molar-refractivity contribution in [2.75, 3.05) is 5.73 Å². The fraction of sp³-hybridized carbons (Fsp3) is 0.667. The molecule has 218 valence electrons. The van der Waals surface area contributed by atoms with Crippen LogP contribution in [0.15, 0.2) is 22.2 Å². The van der Waals surface area contributed by atoms with E-state index >= 15 is 0 Å². The van der Waals surface area contributed by atoms with E-state index in [1.807, 2.05) is 0 Å². The first-order chi connectivity index (χ1) is 17.5. The molecule has 1 aliphatic rings.